The number of aromatic nitrogens is 2. The fourth-order valence-corrected chi connectivity index (χ4v) is 4.57. The third-order valence-corrected chi connectivity index (χ3v) is 6.05. The maximum Gasteiger partial charge on any atom is 0.267 e. The van der Waals surface area contributed by atoms with Gasteiger partial charge in [0.2, 0.25) is 0 Å². The molecule has 28 heavy (non-hydrogen) atoms. The molecule has 4 rings (SSSR count). The first-order chi connectivity index (χ1) is 13.6. The SMILES string of the molecule is CCNc1nc2ccccn2c(=O)c1C=C1SC(=S)N(CC2CCCO2)C1=O. The lowest BCUT2D eigenvalue weighted by molar-refractivity contribution is -0.123. The molecule has 7 nitrogen and oxygen atoms in total. The predicted octanol–water partition coefficient (Wildman–Crippen LogP) is 2.51. The lowest BCUT2D eigenvalue weighted by atomic mass is 10.2. The fourth-order valence-electron chi connectivity index (χ4n) is 3.32. The molecule has 0 aromatic carbocycles. The van der Waals surface area contributed by atoms with Crippen molar-refractivity contribution in [2.75, 3.05) is 25.0 Å². The van der Waals surface area contributed by atoms with Gasteiger partial charge in [0.15, 0.2) is 0 Å². The van der Waals surface area contributed by atoms with Crippen molar-refractivity contribution in [2.24, 2.45) is 0 Å². The molecular weight excluding hydrogens is 396 g/mol. The Morgan fingerprint density at radius 1 is 1.43 bits per heavy atom. The zero-order chi connectivity index (χ0) is 19.7. The zero-order valence-corrected chi connectivity index (χ0v) is 17.0. The van der Waals surface area contributed by atoms with Crippen LogP contribution >= 0.6 is 24.0 Å². The van der Waals surface area contributed by atoms with Crippen LogP contribution in [0.2, 0.25) is 0 Å². The maximum absolute atomic E-state index is 13.0. The van der Waals surface area contributed by atoms with Gasteiger partial charge in [-0.2, -0.15) is 0 Å². The van der Waals surface area contributed by atoms with Crippen molar-refractivity contribution < 1.29 is 9.53 Å². The van der Waals surface area contributed by atoms with E-state index >= 15 is 0 Å². The number of nitrogens with one attached hydrogen (secondary N) is 1. The number of amides is 1. The van der Waals surface area contributed by atoms with Crippen LogP contribution in [0.1, 0.15) is 25.3 Å². The normalized spacial score (nSPS) is 21.2. The standard InChI is InChI=1S/C19H20N4O3S2/c1-2-20-16-13(17(24)22-8-4-3-7-15(22)21-16)10-14-18(25)23(19(27)28-14)11-12-6-5-9-26-12/h3-4,7-8,10,12,20H,2,5-6,9,11H2,1H3. The molecule has 1 atom stereocenters. The Morgan fingerprint density at radius 2 is 2.29 bits per heavy atom. The molecule has 2 saturated heterocycles. The minimum Gasteiger partial charge on any atom is -0.376 e. The number of carbonyl (C=O) groups excluding carboxylic acids is 1. The topological polar surface area (TPSA) is 75.9 Å². The van der Waals surface area contributed by atoms with Crippen LogP contribution in [0.3, 0.4) is 0 Å². The van der Waals surface area contributed by atoms with Crippen LogP contribution in [0.5, 0.6) is 0 Å². The Balaban J connectivity index is 1.71. The van der Waals surface area contributed by atoms with Crippen LogP contribution in [0.15, 0.2) is 34.1 Å². The van der Waals surface area contributed by atoms with Crippen molar-refractivity contribution in [2.45, 2.75) is 25.9 Å². The number of fused-ring (bicyclic) bond motifs is 1. The van der Waals surface area contributed by atoms with Crippen molar-refractivity contribution in [3.05, 3.63) is 45.2 Å². The summed E-state index contributed by atoms with van der Waals surface area (Å²) >= 11 is 6.61. The summed E-state index contributed by atoms with van der Waals surface area (Å²) in [5, 5.41) is 3.12. The average Bonchev–Trinajstić information content (AvgIpc) is 3.29. The second-order valence-corrected chi connectivity index (χ2v) is 8.24. The van der Waals surface area contributed by atoms with E-state index in [0.29, 0.717) is 39.3 Å². The molecule has 9 heteroatoms. The lowest BCUT2D eigenvalue weighted by Crippen LogP contribution is -2.35. The van der Waals surface area contributed by atoms with E-state index in [1.54, 1.807) is 29.3 Å². The predicted molar refractivity (Wildman–Crippen MR) is 114 cm³/mol. The second kappa shape index (κ2) is 8.02. The monoisotopic (exact) mass is 416 g/mol. The van der Waals surface area contributed by atoms with E-state index in [2.05, 4.69) is 10.3 Å². The van der Waals surface area contributed by atoms with Crippen LogP contribution in [0, 0.1) is 0 Å². The minimum atomic E-state index is -0.231. The van der Waals surface area contributed by atoms with Gasteiger partial charge in [0.25, 0.3) is 11.5 Å². The average molecular weight is 417 g/mol. The molecule has 1 amide bonds. The lowest BCUT2D eigenvalue weighted by Gasteiger charge is -2.18. The molecule has 2 aromatic heterocycles. The van der Waals surface area contributed by atoms with E-state index in [-0.39, 0.29) is 17.6 Å². The Labute approximate surface area is 171 Å². The van der Waals surface area contributed by atoms with E-state index in [0.717, 1.165) is 19.4 Å². The molecule has 4 heterocycles. The smallest absolute Gasteiger partial charge is 0.267 e. The highest BCUT2D eigenvalue weighted by atomic mass is 32.2. The first-order valence-corrected chi connectivity index (χ1v) is 10.4. The highest BCUT2D eigenvalue weighted by Gasteiger charge is 2.35. The van der Waals surface area contributed by atoms with Crippen molar-refractivity contribution in [3.8, 4) is 0 Å². The van der Waals surface area contributed by atoms with Crippen LogP contribution in [0.25, 0.3) is 11.7 Å². The highest BCUT2D eigenvalue weighted by Crippen LogP contribution is 2.34. The molecule has 0 aliphatic carbocycles. The number of thioether (sulfide) groups is 1. The molecule has 2 aromatic rings. The number of carbonyl (C=O) groups is 1. The minimum absolute atomic E-state index is 0.0205. The molecule has 1 unspecified atom stereocenters. The summed E-state index contributed by atoms with van der Waals surface area (Å²) in [7, 11) is 0. The number of thiocarbonyl (C=S) groups is 1. The highest BCUT2D eigenvalue weighted by molar-refractivity contribution is 8.26. The summed E-state index contributed by atoms with van der Waals surface area (Å²) in [6.07, 6.45) is 5.21. The van der Waals surface area contributed by atoms with Gasteiger partial charge in [-0.05, 0) is 38.0 Å². The first-order valence-electron chi connectivity index (χ1n) is 9.20. The molecule has 0 bridgehead atoms. The van der Waals surface area contributed by atoms with Gasteiger partial charge in [-0.1, -0.05) is 30.0 Å². The zero-order valence-electron chi connectivity index (χ0n) is 15.4. The fraction of sp³-hybridized carbons (Fsp3) is 0.368. The number of rotatable bonds is 5. The molecule has 2 aliphatic rings. The van der Waals surface area contributed by atoms with Gasteiger partial charge in [-0.3, -0.25) is 18.9 Å². The molecular formula is C19H20N4O3S2. The van der Waals surface area contributed by atoms with E-state index < -0.39 is 0 Å². The molecule has 0 spiro atoms. The van der Waals surface area contributed by atoms with Gasteiger partial charge in [-0.25, -0.2) is 4.98 Å². The molecule has 0 radical (unpaired) electrons. The van der Waals surface area contributed by atoms with Crippen LogP contribution < -0.4 is 10.9 Å². The Kier molecular flexibility index (Phi) is 5.47. The molecule has 2 fully saturated rings. The summed E-state index contributed by atoms with van der Waals surface area (Å²) in [6.45, 7) is 3.72. The second-order valence-electron chi connectivity index (χ2n) is 6.57. The van der Waals surface area contributed by atoms with E-state index in [9.17, 15) is 9.59 Å². The van der Waals surface area contributed by atoms with Crippen LogP contribution in [-0.4, -0.2) is 50.3 Å². The quantitative estimate of drug-likeness (QED) is 0.593. The van der Waals surface area contributed by atoms with Crippen molar-refractivity contribution in [3.63, 3.8) is 0 Å². The largest absolute Gasteiger partial charge is 0.376 e. The van der Waals surface area contributed by atoms with Gasteiger partial charge in [0, 0.05) is 19.3 Å². The third-order valence-electron chi connectivity index (χ3n) is 4.67. The third kappa shape index (κ3) is 3.57. The Bertz CT molecular complexity index is 1030. The summed E-state index contributed by atoms with van der Waals surface area (Å²) in [6, 6.07) is 5.37. The van der Waals surface area contributed by atoms with Crippen LogP contribution in [-0.2, 0) is 9.53 Å². The number of anilines is 1. The van der Waals surface area contributed by atoms with E-state index in [4.69, 9.17) is 17.0 Å². The maximum atomic E-state index is 13.0. The Morgan fingerprint density at radius 3 is 3.04 bits per heavy atom. The number of hydrogen-bond donors (Lipinski definition) is 1. The van der Waals surface area contributed by atoms with Crippen molar-refractivity contribution >= 4 is 51.7 Å². The van der Waals surface area contributed by atoms with Gasteiger partial charge < -0.3 is 10.1 Å². The van der Waals surface area contributed by atoms with Gasteiger partial charge >= 0.3 is 0 Å². The van der Waals surface area contributed by atoms with Gasteiger partial charge in [-0.15, -0.1) is 0 Å². The number of nitrogens with zero attached hydrogens (tertiary/aromatic N) is 3. The Hall–Kier alpha value is -2.23. The number of hydrogen-bond acceptors (Lipinski definition) is 7. The summed E-state index contributed by atoms with van der Waals surface area (Å²) in [5.41, 5.74) is 0.667. The molecule has 146 valence electrons. The van der Waals surface area contributed by atoms with Crippen molar-refractivity contribution in [1.29, 1.82) is 0 Å². The van der Waals surface area contributed by atoms with E-state index in [1.165, 1.54) is 16.2 Å². The summed E-state index contributed by atoms with van der Waals surface area (Å²) in [5.74, 6) is 0.272. The van der Waals surface area contributed by atoms with Crippen molar-refractivity contribution in [1.82, 2.24) is 14.3 Å². The first kappa shape index (κ1) is 19.1. The van der Waals surface area contributed by atoms with Crippen LogP contribution in [0.4, 0.5) is 5.82 Å². The van der Waals surface area contributed by atoms with E-state index in [1.807, 2.05) is 13.0 Å². The molecule has 1 N–H and O–H groups in total. The number of ether oxygens (including phenoxy) is 1. The number of pyridine rings is 1. The summed E-state index contributed by atoms with van der Waals surface area (Å²) in [4.78, 5) is 32.4. The molecule has 2 aliphatic heterocycles. The van der Waals surface area contributed by atoms with Gasteiger partial charge in [0.1, 0.15) is 15.8 Å². The van der Waals surface area contributed by atoms with Gasteiger partial charge in [0.05, 0.1) is 23.1 Å². The molecule has 0 saturated carbocycles. The summed E-state index contributed by atoms with van der Waals surface area (Å²) < 4.78 is 7.59.